The summed E-state index contributed by atoms with van der Waals surface area (Å²) in [5, 5.41) is 0. The molecule has 0 amide bonds. The molecule has 10 atom stereocenters. The van der Waals surface area contributed by atoms with Gasteiger partial charge in [0.15, 0.2) is 5.60 Å². The number of carbonyl (C=O) groups is 7. The lowest BCUT2D eigenvalue weighted by Gasteiger charge is -2.39. The molecule has 0 fully saturated rings. The van der Waals surface area contributed by atoms with Gasteiger partial charge < -0.3 is 33.2 Å². The Morgan fingerprint density at radius 1 is 0.344 bits per heavy atom. The summed E-state index contributed by atoms with van der Waals surface area (Å²) < 4.78 is 39.4. The number of ether oxygens (including phenoxy) is 7. The van der Waals surface area contributed by atoms with Gasteiger partial charge in [-0.15, -0.1) is 0 Å². The molecule has 0 saturated heterocycles. The van der Waals surface area contributed by atoms with Crippen LogP contribution in [0.25, 0.3) is 0 Å². The van der Waals surface area contributed by atoms with Gasteiger partial charge in [-0.25, -0.2) is 33.6 Å². The van der Waals surface area contributed by atoms with Gasteiger partial charge in [0.25, 0.3) is 0 Å². The zero-order valence-electron chi connectivity index (χ0n) is 76.8. The van der Waals surface area contributed by atoms with Gasteiger partial charge in [-0.2, -0.15) is 0 Å². The van der Waals surface area contributed by atoms with Crippen molar-refractivity contribution in [3.05, 3.63) is 345 Å². The Hall–Kier alpha value is -11.3. The smallest absolute Gasteiger partial charge is 0.334 e. The molecule has 0 heterocycles. The minimum atomic E-state index is -0.705. The molecule has 0 bridgehead atoms. The fourth-order valence-electron chi connectivity index (χ4n) is 17.2. The maximum absolute atomic E-state index is 11.9. The first-order valence-corrected chi connectivity index (χ1v) is 44.8. The highest BCUT2D eigenvalue weighted by molar-refractivity contribution is 5.90. The van der Waals surface area contributed by atoms with Crippen LogP contribution in [0, 0.1) is 17.3 Å². The Kier molecular flexibility index (Phi) is 37.4. The highest BCUT2D eigenvalue weighted by Gasteiger charge is 2.41. The third-order valence-corrected chi connectivity index (χ3v) is 24.7. The molecule has 7 aliphatic carbocycles. The fraction of sp³-hybridized carbons (Fsp3) is 0.414. The second-order valence-electron chi connectivity index (χ2n) is 35.7. The number of esters is 7. The van der Waals surface area contributed by atoms with Crippen LogP contribution in [0.2, 0.25) is 0 Å². The van der Waals surface area contributed by atoms with E-state index in [0.717, 1.165) is 156 Å². The Bertz CT molecular complexity index is 5020. The van der Waals surface area contributed by atoms with Crippen LogP contribution in [0.3, 0.4) is 0 Å². The molecule has 14 rings (SSSR count). The molecule has 0 radical (unpaired) electrons. The van der Waals surface area contributed by atoms with Crippen molar-refractivity contribution in [3.63, 3.8) is 0 Å². The van der Waals surface area contributed by atoms with E-state index in [-0.39, 0.29) is 77.7 Å². The molecule has 7 aliphatic rings. The fourth-order valence-corrected chi connectivity index (χ4v) is 17.2. The number of hydrogen-bond donors (Lipinski definition) is 0. The van der Waals surface area contributed by atoms with Crippen LogP contribution in [-0.2, 0) is 116 Å². The number of aryl methyl sites for hydroxylation is 6. The predicted octanol–water partition coefficient (Wildman–Crippen LogP) is 26.4. The Morgan fingerprint density at radius 3 is 1.26 bits per heavy atom. The van der Waals surface area contributed by atoms with Crippen LogP contribution in [0.1, 0.15) is 307 Å². The van der Waals surface area contributed by atoms with Crippen molar-refractivity contribution in [1.82, 2.24) is 0 Å². The first-order valence-electron chi connectivity index (χ1n) is 44.8. The molecule has 14 nitrogen and oxygen atoms in total. The molecular weight excluding hydrogens is 1560 g/mol. The molecule has 664 valence electrons. The summed E-state index contributed by atoms with van der Waals surface area (Å²) in [6.07, 6.45) is 24.1. The maximum atomic E-state index is 11.9. The molecule has 0 aromatic heterocycles. The zero-order chi connectivity index (χ0) is 91.3. The van der Waals surface area contributed by atoms with E-state index in [1.54, 1.807) is 54.5 Å². The van der Waals surface area contributed by atoms with Gasteiger partial charge in [0.2, 0.25) is 0 Å². The van der Waals surface area contributed by atoms with Crippen molar-refractivity contribution in [2.75, 3.05) is 0 Å². The van der Waals surface area contributed by atoms with E-state index in [1.165, 1.54) is 62.9 Å². The van der Waals surface area contributed by atoms with E-state index >= 15 is 0 Å². The molecule has 10 unspecified atom stereocenters. The standard InChI is InChI=1S/C17H20O2.4C16H20O2.2C15H18O2/c1-4-17(19-16(18)13(2)3)12-8-7-10-14-9-5-6-11-15(14)17;1-11(2)15(17)18-14-13-8-6-5-7-12(13)9-10-16(14,3)4;1-12(2)15(17)18-16(3)11-7-6-9-13-8-4-5-10-14(13)16;1-12(2)16(17)18-15-11-5-3-4-8-13-9-6-7-10-14(13)15;1-4-12-9-10-13-7-5-6-8-14(13)15(12)18-16(17)11(2)3;1-10(2)15(16)17-14-9-8-11(3)12-6-4-5-7-13(12)14;1-10(2)15(16)17-14-11(3)8-9-12-6-4-5-7-13(12)14/h4-6,9,11H,1-2,7-8,10,12H2,3H3;5-8,14H,1,9-10H2,2-4H3;4-5,8,10H,1,6-7,9,11H2,2-3H3;6-7,9-10,15H,1,3-5,8,11H2,2H3;5-8,12,15H,2,4,9-10H2,1,3H3;2*4-7,11,14H,1,8-9H2,2-3H3. The molecular formula is C111H136O14. The van der Waals surface area contributed by atoms with Crippen LogP contribution in [0.15, 0.2) is 268 Å². The van der Waals surface area contributed by atoms with E-state index in [2.05, 4.69) is 172 Å². The summed E-state index contributed by atoms with van der Waals surface area (Å²) >= 11 is 0. The minimum Gasteiger partial charge on any atom is -0.454 e. The first kappa shape index (κ1) is 99.2. The van der Waals surface area contributed by atoms with Gasteiger partial charge in [-0.05, 0) is 280 Å². The largest absolute Gasteiger partial charge is 0.454 e. The highest BCUT2D eigenvalue weighted by atomic mass is 16.6. The summed E-state index contributed by atoms with van der Waals surface area (Å²) in [6.45, 7) is 54.0. The summed E-state index contributed by atoms with van der Waals surface area (Å²) in [5.41, 5.74) is 19.0. The van der Waals surface area contributed by atoms with E-state index in [0.29, 0.717) is 56.8 Å². The number of carbonyl (C=O) groups excluding carboxylic acids is 7. The Morgan fingerprint density at radius 2 is 0.728 bits per heavy atom. The predicted molar refractivity (Wildman–Crippen MR) is 501 cm³/mol. The highest BCUT2D eigenvalue weighted by Crippen LogP contribution is 2.48. The normalized spacial score (nSPS) is 21.8. The lowest BCUT2D eigenvalue weighted by molar-refractivity contribution is -0.155. The van der Waals surface area contributed by atoms with Gasteiger partial charge in [-0.3, -0.25) is 0 Å². The monoisotopic (exact) mass is 1690 g/mol. The van der Waals surface area contributed by atoms with E-state index in [4.69, 9.17) is 33.2 Å². The summed E-state index contributed by atoms with van der Waals surface area (Å²) in [7, 11) is 0. The van der Waals surface area contributed by atoms with E-state index in [9.17, 15) is 33.6 Å². The van der Waals surface area contributed by atoms with Crippen molar-refractivity contribution >= 4 is 41.8 Å². The third-order valence-electron chi connectivity index (χ3n) is 24.7. The topological polar surface area (TPSA) is 184 Å². The van der Waals surface area contributed by atoms with Crippen molar-refractivity contribution in [2.24, 2.45) is 17.3 Å². The van der Waals surface area contributed by atoms with Crippen LogP contribution >= 0.6 is 0 Å². The maximum Gasteiger partial charge on any atom is 0.334 e. The van der Waals surface area contributed by atoms with Crippen LogP contribution in [-0.4, -0.2) is 41.8 Å². The number of benzene rings is 7. The molecule has 0 N–H and O–H groups in total. The van der Waals surface area contributed by atoms with Crippen molar-refractivity contribution < 1.29 is 66.7 Å². The van der Waals surface area contributed by atoms with Gasteiger partial charge in [0, 0.05) is 55.9 Å². The molecule has 7 aromatic rings. The van der Waals surface area contributed by atoms with E-state index in [1.807, 2.05) is 91.9 Å². The lowest BCUT2D eigenvalue weighted by Crippen LogP contribution is -2.32. The van der Waals surface area contributed by atoms with E-state index < -0.39 is 11.2 Å². The molecule has 125 heavy (non-hydrogen) atoms. The average Bonchev–Trinajstić information content (AvgIpc) is 1.66. The Labute approximate surface area is 745 Å². The van der Waals surface area contributed by atoms with Crippen molar-refractivity contribution in [3.8, 4) is 0 Å². The molecule has 14 heteroatoms. The average molecular weight is 1690 g/mol. The van der Waals surface area contributed by atoms with Gasteiger partial charge in [0.1, 0.15) is 36.1 Å². The van der Waals surface area contributed by atoms with Crippen molar-refractivity contribution in [1.29, 1.82) is 0 Å². The van der Waals surface area contributed by atoms with Crippen LogP contribution in [0.5, 0.6) is 0 Å². The SMILES string of the molecule is C=C(C)C(=O)OC1(C)CCCCc2ccccc21.C=C(C)C(=O)OC1CCC(C)c2ccccc21.C=C(C)C(=O)OC1CCCCCc2ccccc21.C=C(C)C(=O)OC1c2ccccc2CCC1(C)C.C=C(C)C(=O)OC1c2ccccc2CCC1C.C=C(C)C(=O)OC1c2ccccc2CCC1CC.C=CC1(OC(=O)C(=C)C)CCCCc2ccccc21. The molecule has 0 saturated carbocycles. The summed E-state index contributed by atoms with van der Waals surface area (Å²) in [6, 6.07) is 57.6. The second-order valence-corrected chi connectivity index (χ2v) is 35.7. The molecule has 7 aromatic carbocycles. The van der Waals surface area contributed by atoms with Crippen LogP contribution in [0.4, 0.5) is 0 Å². The number of fused-ring (bicyclic) bond motifs is 7. The minimum absolute atomic E-state index is 0.0283. The van der Waals surface area contributed by atoms with Gasteiger partial charge >= 0.3 is 41.8 Å². The Balaban J connectivity index is 0.000000181. The van der Waals surface area contributed by atoms with Gasteiger partial charge in [0.05, 0.1) is 0 Å². The summed E-state index contributed by atoms with van der Waals surface area (Å²) in [4.78, 5) is 82.2. The third kappa shape index (κ3) is 27.6. The zero-order valence-corrected chi connectivity index (χ0v) is 76.8. The molecule has 0 aliphatic heterocycles. The first-order chi connectivity index (χ1) is 59.5. The number of hydrogen-bond acceptors (Lipinski definition) is 14. The van der Waals surface area contributed by atoms with Gasteiger partial charge in [-0.1, -0.05) is 264 Å². The lowest BCUT2D eigenvalue weighted by atomic mass is 9.72. The van der Waals surface area contributed by atoms with Crippen LogP contribution < -0.4 is 0 Å². The van der Waals surface area contributed by atoms with Crippen molar-refractivity contribution in [2.45, 2.75) is 279 Å². The second kappa shape index (κ2) is 47.2. The summed E-state index contributed by atoms with van der Waals surface area (Å²) in [5.74, 6) is -0.763. The quantitative estimate of drug-likeness (QED) is 0.0293. The number of rotatable bonds is 16. The molecule has 0 spiro atoms.